The van der Waals surface area contributed by atoms with E-state index in [1.165, 1.54) is 83.5 Å². The van der Waals surface area contributed by atoms with Crippen LogP contribution in [0.2, 0.25) is 0 Å². The molecule has 12 rings (SSSR count). The molecule has 0 aromatic heterocycles. The van der Waals surface area contributed by atoms with Gasteiger partial charge in [0.1, 0.15) is 0 Å². The van der Waals surface area contributed by atoms with Gasteiger partial charge in [0.15, 0.2) is 0 Å². The van der Waals surface area contributed by atoms with E-state index in [1.54, 1.807) is 0 Å². The number of para-hydroxylation sites is 3. The molecule has 0 radical (unpaired) electrons. The normalized spacial score (nSPS) is 15.1. The lowest BCUT2D eigenvalue weighted by Gasteiger charge is -2.32. The van der Waals surface area contributed by atoms with Gasteiger partial charge in [-0.15, -0.1) is 0 Å². The minimum atomic E-state index is -0.273. The molecule has 2 aliphatic rings. The highest BCUT2D eigenvalue weighted by Crippen LogP contribution is 2.57. The zero-order valence-electron chi connectivity index (χ0n) is 37.5. The molecular formula is C65H49N. The molecule has 1 heteroatoms. The zero-order valence-corrected chi connectivity index (χ0v) is 37.5. The molecule has 0 amide bonds. The van der Waals surface area contributed by atoms with E-state index < -0.39 is 0 Å². The van der Waals surface area contributed by atoms with Crippen LogP contribution in [0.25, 0.3) is 66.8 Å². The van der Waals surface area contributed by atoms with Gasteiger partial charge >= 0.3 is 0 Å². The quantitative estimate of drug-likeness (QED) is 0.147. The van der Waals surface area contributed by atoms with E-state index in [0.717, 1.165) is 28.2 Å². The first kappa shape index (κ1) is 39.6. The number of rotatable bonds is 8. The van der Waals surface area contributed by atoms with Gasteiger partial charge in [-0.1, -0.05) is 232 Å². The molecule has 1 nitrogen and oxygen atoms in total. The first-order chi connectivity index (χ1) is 32.4. The van der Waals surface area contributed by atoms with Crippen molar-refractivity contribution in [3.8, 4) is 66.8 Å². The molecule has 10 aromatic carbocycles. The molecule has 1 atom stereocenters. The van der Waals surface area contributed by atoms with Crippen molar-refractivity contribution in [2.45, 2.75) is 31.6 Å². The van der Waals surface area contributed by atoms with Crippen LogP contribution in [0, 0.1) is 0 Å². The second kappa shape index (κ2) is 15.6. The Morgan fingerprint density at radius 2 is 0.727 bits per heavy atom. The van der Waals surface area contributed by atoms with Crippen LogP contribution in [0.4, 0.5) is 17.1 Å². The van der Waals surface area contributed by atoms with Crippen molar-refractivity contribution in [3.05, 3.63) is 270 Å². The lowest BCUT2D eigenvalue weighted by Crippen LogP contribution is -2.22. The Kier molecular flexibility index (Phi) is 9.36. The lowest BCUT2D eigenvalue weighted by atomic mass is 9.74. The van der Waals surface area contributed by atoms with Gasteiger partial charge in [0.05, 0.1) is 17.1 Å². The standard InChI is InChI=1S/C65H49N/c1-64(2)56-35-17-13-33-54(56)63-53(34-22-37-59(63)64)52-32-16-21-40-62(52)66(61-39-20-15-31-51(61)49-29-11-10-27-47(49)44-23-6-4-7-24-44)60-38-19-14-28-48(60)45-41-42-58-55(43-45)50-30-12-18-36-57(50)65(58,3)46-25-8-5-9-26-46/h4-43H,1-3H3. The molecule has 1 unspecified atom stereocenters. The van der Waals surface area contributed by atoms with Crippen molar-refractivity contribution in [1.82, 2.24) is 0 Å². The van der Waals surface area contributed by atoms with Crippen LogP contribution in [0.3, 0.4) is 0 Å². The SMILES string of the molecule is CC1(C)c2ccccc2-c2c(-c3ccccc3N(c3ccccc3-c3ccc4c(c3)-c3ccccc3C4(C)c3ccccc3)c3ccccc3-c3ccccc3-c3ccccc3)cccc21. The maximum Gasteiger partial charge on any atom is 0.0540 e. The van der Waals surface area contributed by atoms with Crippen molar-refractivity contribution in [2.24, 2.45) is 0 Å². The largest absolute Gasteiger partial charge is 0.309 e. The zero-order chi connectivity index (χ0) is 44.4. The van der Waals surface area contributed by atoms with Gasteiger partial charge in [-0.3, -0.25) is 0 Å². The molecule has 0 saturated heterocycles. The van der Waals surface area contributed by atoms with E-state index in [9.17, 15) is 0 Å². The Morgan fingerprint density at radius 3 is 1.41 bits per heavy atom. The number of hydrogen-bond acceptors (Lipinski definition) is 1. The van der Waals surface area contributed by atoms with Crippen molar-refractivity contribution < 1.29 is 0 Å². The maximum absolute atomic E-state index is 2.54. The molecule has 0 spiro atoms. The van der Waals surface area contributed by atoms with Crippen LogP contribution in [-0.4, -0.2) is 0 Å². The Hall–Kier alpha value is -8.00. The van der Waals surface area contributed by atoms with E-state index >= 15 is 0 Å². The Bertz CT molecular complexity index is 3470. The fourth-order valence-corrected chi connectivity index (χ4v) is 11.4. The third-order valence-corrected chi connectivity index (χ3v) is 14.6. The molecule has 314 valence electrons. The van der Waals surface area contributed by atoms with Crippen molar-refractivity contribution in [3.63, 3.8) is 0 Å². The summed E-state index contributed by atoms with van der Waals surface area (Å²) in [6.45, 7) is 7.13. The molecular weight excluding hydrogens is 795 g/mol. The predicted molar refractivity (Wildman–Crippen MR) is 278 cm³/mol. The van der Waals surface area contributed by atoms with Gasteiger partial charge < -0.3 is 4.90 Å². The first-order valence-corrected chi connectivity index (χ1v) is 23.2. The van der Waals surface area contributed by atoms with E-state index in [-0.39, 0.29) is 10.8 Å². The van der Waals surface area contributed by atoms with Gasteiger partial charge in [0.2, 0.25) is 0 Å². The van der Waals surface area contributed by atoms with Gasteiger partial charge in [-0.05, 0) is 109 Å². The topological polar surface area (TPSA) is 3.24 Å². The van der Waals surface area contributed by atoms with Crippen LogP contribution in [0.15, 0.2) is 243 Å². The second-order valence-corrected chi connectivity index (χ2v) is 18.5. The molecule has 10 aromatic rings. The minimum absolute atomic E-state index is 0.125. The van der Waals surface area contributed by atoms with Crippen LogP contribution < -0.4 is 4.90 Å². The Morgan fingerprint density at radius 1 is 0.273 bits per heavy atom. The number of nitrogens with zero attached hydrogens (tertiary/aromatic N) is 1. The summed E-state index contributed by atoms with van der Waals surface area (Å²) in [5, 5.41) is 0. The number of anilines is 3. The van der Waals surface area contributed by atoms with Crippen LogP contribution in [-0.2, 0) is 10.8 Å². The third-order valence-electron chi connectivity index (χ3n) is 14.6. The predicted octanol–water partition coefficient (Wildman–Crippen LogP) is 17.5. The summed E-state index contributed by atoms with van der Waals surface area (Å²) >= 11 is 0. The van der Waals surface area contributed by atoms with Crippen LogP contribution in [0.1, 0.15) is 48.6 Å². The van der Waals surface area contributed by atoms with Gasteiger partial charge in [0, 0.05) is 27.5 Å². The first-order valence-electron chi connectivity index (χ1n) is 23.2. The van der Waals surface area contributed by atoms with Crippen LogP contribution in [0.5, 0.6) is 0 Å². The average molecular weight is 844 g/mol. The molecule has 0 bridgehead atoms. The Labute approximate surface area is 389 Å². The summed E-state index contributed by atoms with van der Waals surface area (Å²) in [5.41, 5.74) is 24.4. The summed E-state index contributed by atoms with van der Waals surface area (Å²) in [4.78, 5) is 2.54. The molecule has 0 fully saturated rings. The fraction of sp³-hybridized carbons (Fsp3) is 0.0769. The van der Waals surface area contributed by atoms with Gasteiger partial charge in [-0.25, -0.2) is 0 Å². The van der Waals surface area contributed by atoms with Gasteiger partial charge in [-0.2, -0.15) is 0 Å². The molecule has 0 heterocycles. The molecule has 2 aliphatic carbocycles. The highest BCUT2D eigenvalue weighted by Gasteiger charge is 2.41. The monoisotopic (exact) mass is 843 g/mol. The summed E-state index contributed by atoms with van der Waals surface area (Å²) < 4.78 is 0. The number of benzene rings is 10. The van der Waals surface area contributed by atoms with E-state index in [0.29, 0.717) is 0 Å². The van der Waals surface area contributed by atoms with Crippen LogP contribution >= 0.6 is 0 Å². The molecule has 0 aliphatic heterocycles. The highest BCUT2D eigenvalue weighted by molar-refractivity contribution is 6.03. The summed E-state index contributed by atoms with van der Waals surface area (Å²) in [7, 11) is 0. The second-order valence-electron chi connectivity index (χ2n) is 18.5. The van der Waals surface area contributed by atoms with E-state index in [2.05, 4.69) is 268 Å². The molecule has 0 N–H and O–H groups in total. The number of hydrogen-bond donors (Lipinski definition) is 0. The minimum Gasteiger partial charge on any atom is -0.309 e. The van der Waals surface area contributed by atoms with Crippen molar-refractivity contribution >= 4 is 17.1 Å². The fourth-order valence-electron chi connectivity index (χ4n) is 11.4. The summed E-state index contributed by atoms with van der Waals surface area (Å²) in [6.07, 6.45) is 0. The average Bonchev–Trinajstić information content (AvgIpc) is 3.78. The molecule has 0 saturated carbocycles. The Balaban J connectivity index is 1.12. The maximum atomic E-state index is 2.54. The summed E-state index contributed by atoms with van der Waals surface area (Å²) in [6, 6.07) is 89.8. The number of fused-ring (bicyclic) bond motifs is 6. The van der Waals surface area contributed by atoms with E-state index in [4.69, 9.17) is 0 Å². The van der Waals surface area contributed by atoms with E-state index in [1.807, 2.05) is 0 Å². The summed E-state index contributed by atoms with van der Waals surface area (Å²) in [5.74, 6) is 0. The van der Waals surface area contributed by atoms with Crippen molar-refractivity contribution in [2.75, 3.05) is 4.90 Å². The van der Waals surface area contributed by atoms with Gasteiger partial charge in [0.25, 0.3) is 0 Å². The molecule has 66 heavy (non-hydrogen) atoms. The smallest absolute Gasteiger partial charge is 0.0540 e. The van der Waals surface area contributed by atoms with Crippen molar-refractivity contribution in [1.29, 1.82) is 0 Å². The highest BCUT2D eigenvalue weighted by atomic mass is 15.1. The lowest BCUT2D eigenvalue weighted by molar-refractivity contribution is 0.660. The third kappa shape index (κ3) is 6.07.